The Hall–Kier alpha value is -4.15. The lowest BCUT2D eigenvalue weighted by Gasteiger charge is -2.26. The maximum Gasteiger partial charge on any atom is 0.323 e. The van der Waals surface area contributed by atoms with Crippen LogP contribution in [0.4, 0.5) is 21.9 Å². The molecule has 1 fully saturated rings. The molecule has 3 N–H and O–H groups in total. The van der Waals surface area contributed by atoms with Crippen molar-refractivity contribution in [2.75, 3.05) is 35.6 Å². The summed E-state index contributed by atoms with van der Waals surface area (Å²) >= 11 is 6.10. The van der Waals surface area contributed by atoms with Crippen molar-refractivity contribution in [2.24, 2.45) is 0 Å². The van der Waals surface area contributed by atoms with Gasteiger partial charge in [-0.05, 0) is 63.2 Å². The minimum Gasteiger partial charge on any atom is -0.319 e. The molecule has 1 aliphatic rings. The summed E-state index contributed by atoms with van der Waals surface area (Å²) in [6, 6.07) is 13.6. The molecule has 1 saturated heterocycles. The van der Waals surface area contributed by atoms with Crippen LogP contribution in [-0.2, 0) is 6.54 Å². The number of likely N-dealkylation sites (tertiary alicyclic amines) is 1. The second-order valence-electron chi connectivity index (χ2n) is 9.53. The van der Waals surface area contributed by atoms with Crippen LogP contribution in [0, 0.1) is 6.92 Å². The van der Waals surface area contributed by atoms with Crippen LogP contribution in [0.1, 0.15) is 35.3 Å². The van der Waals surface area contributed by atoms with Crippen molar-refractivity contribution in [2.45, 2.75) is 32.7 Å². The van der Waals surface area contributed by atoms with Gasteiger partial charge in [-0.15, -0.1) is 0 Å². The lowest BCUT2D eigenvalue weighted by atomic mass is 10.1. The molecule has 3 heterocycles. The first-order chi connectivity index (χ1) is 18.9. The fourth-order valence-electron chi connectivity index (χ4n) is 4.54. The molecule has 0 radical (unpaired) electrons. The molecule has 2 aromatic heterocycles. The zero-order chi connectivity index (χ0) is 27.2. The van der Waals surface area contributed by atoms with Crippen molar-refractivity contribution in [1.29, 1.82) is 0 Å². The fraction of sp³-hybridized carbons (Fsp3) is 0.286. The van der Waals surface area contributed by atoms with Gasteiger partial charge < -0.3 is 20.9 Å². The number of carbonyl (C=O) groups is 2. The van der Waals surface area contributed by atoms with Crippen molar-refractivity contribution in [3.63, 3.8) is 0 Å². The Bertz CT molecular complexity index is 1460. The summed E-state index contributed by atoms with van der Waals surface area (Å²) in [5, 5.41) is 17.8. The molecule has 4 aromatic rings. The van der Waals surface area contributed by atoms with Gasteiger partial charge in [0.1, 0.15) is 0 Å². The van der Waals surface area contributed by atoms with E-state index in [1.165, 1.54) is 25.5 Å². The molecule has 11 heteroatoms. The molecule has 0 saturated carbocycles. The van der Waals surface area contributed by atoms with E-state index in [1.807, 2.05) is 23.9 Å². The van der Waals surface area contributed by atoms with Gasteiger partial charge in [0.05, 0.1) is 52.4 Å². The molecular weight excluding hydrogens is 516 g/mol. The number of halogens is 1. The highest BCUT2D eigenvalue weighted by Gasteiger charge is 2.14. The minimum atomic E-state index is -0.442. The smallest absolute Gasteiger partial charge is 0.319 e. The van der Waals surface area contributed by atoms with Gasteiger partial charge in [-0.2, -0.15) is 10.2 Å². The largest absolute Gasteiger partial charge is 0.323 e. The second-order valence-corrected chi connectivity index (χ2v) is 9.94. The van der Waals surface area contributed by atoms with Gasteiger partial charge in [0.15, 0.2) is 0 Å². The van der Waals surface area contributed by atoms with Gasteiger partial charge in [-0.1, -0.05) is 36.2 Å². The van der Waals surface area contributed by atoms with Crippen LogP contribution < -0.4 is 16.0 Å². The number of aryl methyl sites for hydroxylation is 1. The average molecular weight is 547 g/mol. The van der Waals surface area contributed by atoms with Gasteiger partial charge in [-0.25, -0.2) is 9.48 Å². The van der Waals surface area contributed by atoms with Gasteiger partial charge in [0.25, 0.3) is 5.91 Å². The molecule has 202 valence electrons. The predicted molar refractivity (Wildman–Crippen MR) is 153 cm³/mol. The number of urea groups is 1. The summed E-state index contributed by atoms with van der Waals surface area (Å²) in [6.07, 6.45) is 8.91. The summed E-state index contributed by atoms with van der Waals surface area (Å²) in [5.74, 6) is -0.236. The first-order valence-electron chi connectivity index (χ1n) is 13.0. The van der Waals surface area contributed by atoms with Crippen LogP contribution in [0.3, 0.4) is 0 Å². The van der Waals surface area contributed by atoms with Crippen LogP contribution in [0.15, 0.2) is 67.1 Å². The molecule has 0 unspecified atom stereocenters. The number of carbonyl (C=O) groups excluding carboxylic acids is 2. The minimum absolute atomic E-state index is 0.236. The van der Waals surface area contributed by atoms with E-state index in [1.54, 1.807) is 53.3 Å². The van der Waals surface area contributed by atoms with Crippen molar-refractivity contribution >= 4 is 40.6 Å². The molecular formula is C28H31ClN8O2. The van der Waals surface area contributed by atoms with Crippen LogP contribution in [-0.4, -0.2) is 56.0 Å². The van der Waals surface area contributed by atoms with E-state index in [9.17, 15) is 9.59 Å². The number of rotatable bonds is 8. The van der Waals surface area contributed by atoms with Crippen molar-refractivity contribution in [3.05, 3.63) is 83.4 Å². The summed E-state index contributed by atoms with van der Waals surface area (Å²) < 4.78 is 3.49. The third-order valence-electron chi connectivity index (χ3n) is 6.62. The normalized spacial score (nSPS) is 13.7. The maximum atomic E-state index is 13.1. The Morgan fingerprint density at radius 2 is 1.74 bits per heavy atom. The monoisotopic (exact) mass is 546 g/mol. The van der Waals surface area contributed by atoms with Crippen molar-refractivity contribution in [3.8, 4) is 5.69 Å². The summed E-state index contributed by atoms with van der Waals surface area (Å²) in [7, 11) is 0. The lowest BCUT2D eigenvalue weighted by Crippen LogP contribution is -2.32. The zero-order valence-electron chi connectivity index (χ0n) is 21.7. The van der Waals surface area contributed by atoms with E-state index in [2.05, 4.69) is 31.0 Å². The molecule has 39 heavy (non-hydrogen) atoms. The highest BCUT2D eigenvalue weighted by molar-refractivity contribution is 6.33. The summed E-state index contributed by atoms with van der Waals surface area (Å²) in [4.78, 5) is 27.9. The number of nitrogens with one attached hydrogen (secondary N) is 3. The molecule has 2 aromatic carbocycles. The van der Waals surface area contributed by atoms with E-state index in [4.69, 9.17) is 11.6 Å². The van der Waals surface area contributed by atoms with E-state index in [-0.39, 0.29) is 5.91 Å². The van der Waals surface area contributed by atoms with Crippen LogP contribution in [0.2, 0.25) is 5.02 Å². The number of aromatic nitrogens is 4. The Morgan fingerprint density at radius 3 is 2.56 bits per heavy atom. The molecule has 5 rings (SSSR count). The Kier molecular flexibility index (Phi) is 8.24. The van der Waals surface area contributed by atoms with Crippen LogP contribution in [0.5, 0.6) is 0 Å². The van der Waals surface area contributed by atoms with Crippen molar-refractivity contribution < 1.29 is 9.59 Å². The molecule has 0 bridgehead atoms. The van der Waals surface area contributed by atoms with E-state index >= 15 is 0 Å². The average Bonchev–Trinajstić information content (AvgIpc) is 3.55. The van der Waals surface area contributed by atoms with Gasteiger partial charge in [-0.3, -0.25) is 9.48 Å². The number of benzene rings is 2. The third kappa shape index (κ3) is 6.84. The topological polar surface area (TPSA) is 109 Å². The first kappa shape index (κ1) is 26.5. The predicted octanol–water partition coefficient (Wildman–Crippen LogP) is 5.41. The van der Waals surface area contributed by atoms with Crippen LogP contribution in [0.25, 0.3) is 5.69 Å². The van der Waals surface area contributed by atoms with E-state index < -0.39 is 6.03 Å². The Morgan fingerprint density at radius 1 is 0.923 bits per heavy atom. The molecule has 1 aliphatic heterocycles. The Labute approximate surface area is 231 Å². The molecule has 3 amide bonds. The lowest BCUT2D eigenvalue weighted by molar-refractivity contribution is 0.102. The summed E-state index contributed by atoms with van der Waals surface area (Å²) in [5.41, 5.74) is 3.62. The molecule has 0 spiro atoms. The fourth-order valence-corrected chi connectivity index (χ4v) is 4.72. The summed E-state index contributed by atoms with van der Waals surface area (Å²) in [6.45, 7) is 5.92. The molecule has 0 atom stereocenters. The number of para-hydroxylation sites is 1. The van der Waals surface area contributed by atoms with Gasteiger partial charge >= 0.3 is 6.03 Å². The quantitative estimate of drug-likeness (QED) is 0.274. The highest BCUT2D eigenvalue weighted by atomic mass is 35.5. The zero-order valence-corrected chi connectivity index (χ0v) is 22.5. The standard InChI is InChI=1S/C28H31ClN8O2/c1-20-26(19-36(34-20)15-14-35-12-5-2-6-13-35)32-27(38)21-8-7-9-23(16-21)37-18-22(17-30-37)31-28(39)33-25-11-4-3-10-24(25)29/h3-4,7-11,16-19H,2,5-6,12-15H2,1H3,(H,32,38)(H2,31,33,39). The third-order valence-corrected chi connectivity index (χ3v) is 6.95. The highest BCUT2D eigenvalue weighted by Crippen LogP contribution is 2.21. The molecule has 0 aliphatic carbocycles. The first-order valence-corrected chi connectivity index (χ1v) is 13.4. The number of hydrogen-bond donors (Lipinski definition) is 3. The maximum absolute atomic E-state index is 13.1. The van der Waals surface area contributed by atoms with E-state index in [0.29, 0.717) is 33.3 Å². The number of amides is 3. The number of nitrogens with zero attached hydrogens (tertiary/aromatic N) is 5. The molecule has 10 nitrogen and oxygen atoms in total. The van der Waals surface area contributed by atoms with Crippen LogP contribution >= 0.6 is 11.6 Å². The SMILES string of the molecule is Cc1nn(CCN2CCCCC2)cc1NC(=O)c1cccc(-n2cc(NC(=O)Nc3ccccc3Cl)cn2)c1. The van der Waals surface area contributed by atoms with Gasteiger partial charge in [0.2, 0.25) is 0 Å². The number of anilines is 3. The Balaban J connectivity index is 1.19. The van der Waals surface area contributed by atoms with Gasteiger partial charge in [0, 0.05) is 18.3 Å². The second kappa shape index (κ2) is 12.1. The van der Waals surface area contributed by atoms with Crippen molar-refractivity contribution in [1.82, 2.24) is 24.5 Å². The number of piperidine rings is 1. The number of hydrogen-bond acceptors (Lipinski definition) is 5. The van der Waals surface area contributed by atoms with E-state index in [0.717, 1.165) is 31.9 Å².